The van der Waals surface area contributed by atoms with Gasteiger partial charge in [0.25, 0.3) is 0 Å². The van der Waals surface area contributed by atoms with Gasteiger partial charge in [-0.2, -0.15) is 0 Å². The normalized spacial score (nSPS) is 12.3. The number of methoxy groups -OCH3 is 1. The second kappa shape index (κ2) is 8.80. The van der Waals surface area contributed by atoms with Crippen LogP contribution in [-0.2, 0) is 16.1 Å². The molecule has 1 aromatic rings. The Kier molecular flexibility index (Phi) is 7.38. The molecule has 1 heterocycles. The van der Waals surface area contributed by atoms with Crippen LogP contribution in [0.25, 0.3) is 0 Å². The zero-order valence-electron chi connectivity index (χ0n) is 12.1. The van der Waals surface area contributed by atoms with Gasteiger partial charge in [0.1, 0.15) is 6.04 Å². The van der Waals surface area contributed by atoms with Crippen LogP contribution in [-0.4, -0.2) is 46.2 Å². The first kappa shape index (κ1) is 16.8. The lowest BCUT2D eigenvalue weighted by Gasteiger charge is -2.15. The number of hydrogen-bond donors (Lipinski definition) is 2. The standard InChI is InChI=1S/C12H22N4O3S/c1-4-7-13-9(10(17)19-3)6-8-20-12-15-14-11(18)16(12)5-2/h9,13H,4-8H2,1-3H3,(H,14,18). The van der Waals surface area contributed by atoms with Gasteiger partial charge >= 0.3 is 11.7 Å². The summed E-state index contributed by atoms with van der Waals surface area (Å²) >= 11 is 1.45. The predicted octanol–water partition coefficient (Wildman–Crippen LogP) is 0.615. The molecular formula is C12H22N4O3S. The first-order valence-electron chi connectivity index (χ1n) is 6.73. The number of aromatic amines is 1. The minimum absolute atomic E-state index is 0.205. The van der Waals surface area contributed by atoms with Crippen molar-refractivity contribution < 1.29 is 9.53 Å². The summed E-state index contributed by atoms with van der Waals surface area (Å²) in [5, 5.41) is 10.2. The summed E-state index contributed by atoms with van der Waals surface area (Å²) in [7, 11) is 1.39. The first-order valence-corrected chi connectivity index (χ1v) is 7.71. The molecule has 0 saturated carbocycles. The highest BCUT2D eigenvalue weighted by molar-refractivity contribution is 7.99. The maximum absolute atomic E-state index is 11.6. The summed E-state index contributed by atoms with van der Waals surface area (Å²) in [6.07, 6.45) is 1.58. The van der Waals surface area contributed by atoms with Gasteiger partial charge in [0.15, 0.2) is 5.16 Å². The highest BCUT2D eigenvalue weighted by Crippen LogP contribution is 2.15. The van der Waals surface area contributed by atoms with E-state index in [1.54, 1.807) is 4.57 Å². The number of rotatable bonds is 9. The molecule has 0 aliphatic carbocycles. The molecule has 1 rings (SSSR count). The number of thioether (sulfide) groups is 1. The summed E-state index contributed by atoms with van der Waals surface area (Å²) in [4.78, 5) is 23.0. The number of ether oxygens (including phenoxy) is 1. The molecule has 1 atom stereocenters. The topological polar surface area (TPSA) is 89.0 Å². The van der Waals surface area contributed by atoms with Crippen LogP contribution in [0.2, 0.25) is 0 Å². The van der Waals surface area contributed by atoms with Crippen LogP contribution in [0.3, 0.4) is 0 Å². The fourth-order valence-electron chi connectivity index (χ4n) is 1.72. The Bertz CT molecular complexity index is 472. The quantitative estimate of drug-likeness (QED) is 0.513. The predicted molar refractivity (Wildman–Crippen MR) is 78.0 cm³/mol. The van der Waals surface area contributed by atoms with Crippen LogP contribution in [0.5, 0.6) is 0 Å². The van der Waals surface area contributed by atoms with Gasteiger partial charge in [-0.05, 0) is 26.3 Å². The molecule has 2 N–H and O–H groups in total. The van der Waals surface area contributed by atoms with Crippen molar-refractivity contribution in [1.29, 1.82) is 0 Å². The Labute approximate surface area is 122 Å². The van der Waals surface area contributed by atoms with E-state index in [1.165, 1.54) is 18.9 Å². The fourth-order valence-corrected chi connectivity index (χ4v) is 2.74. The van der Waals surface area contributed by atoms with Crippen molar-refractivity contribution in [3.8, 4) is 0 Å². The average molecular weight is 302 g/mol. The molecule has 0 spiro atoms. The molecule has 7 nitrogen and oxygen atoms in total. The molecule has 20 heavy (non-hydrogen) atoms. The van der Waals surface area contributed by atoms with Crippen molar-refractivity contribution >= 4 is 17.7 Å². The van der Waals surface area contributed by atoms with Gasteiger partial charge in [0, 0.05) is 12.3 Å². The summed E-state index contributed by atoms with van der Waals surface area (Å²) < 4.78 is 6.34. The molecule has 0 aliphatic rings. The summed E-state index contributed by atoms with van der Waals surface area (Å²) in [5.41, 5.74) is -0.205. The van der Waals surface area contributed by atoms with E-state index in [-0.39, 0.29) is 17.7 Å². The van der Waals surface area contributed by atoms with E-state index in [0.29, 0.717) is 23.9 Å². The Morgan fingerprint density at radius 1 is 1.55 bits per heavy atom. The number of hydrogen-bond acceptors (Lipinski definition) is 6. The van der Waals surface area contributed by atoms with Crippen molar-refractivity contribution in [2.75, 3.05) is 19.4 Å². The van der Waals surface area contributed by atoms with E-state index in [1.807, 2.05) is 13.8 Å². The lowest BCUT2D eigenvalue weighted by molar-refractivity contribution is -0.143. The number of H-pyrrole nitrogens is 1. The molecule has 0 radical (unpaired) electrons. The van der Waals surface area contributed by atoms with Gasteiger partial charge in [-0.1, -0.05) is 18.7 Å². The second-order valence-electron chi connectivity index (χ2n) is 4.22. The summed E-state index contributed by atoms with van der Waals surface area (Å²) in [5.74, 6) is 0.426. The highest BCUT2D eigenvalue weighted by Gasteiger charge is 2.18. The van der Waals surface area contributed by atoms with Crippen LogP contribution >= 0.6 is 11.8 Å². The Morgan fingerprint density at radius 2 is 2.30 bits per heavy atom. The number of nitrogens with zero attached hydrogens (tertiary/aromatic N) is 2. The van der Waals surface area contributed by atoms with Gasteiger partial charge in [-0.3, -0.25) is 9.36 Å². The van der Waals surface area contributed by atoms with E-state index >= 15 is 0 Å². The SMILES string of the molecule is CCCNC(CCSc1n[nH]c(=O)n1CC)C(=O)OC. The van der Waals surface area contributed by atoms with Gasteiger partial charge in [0.05, 0.1) is 7.11 Å². The maximum Gasteiger partial charge on any atom is 0.343 e. The highest BCUT2D eigenvalue weighted by atomic mass is 32.2. The third-order valence-corrected chi connectivity index (χ3v) is 3.81. The molecule has 0 bridgehead atoms. The molecule has 0 amide bonds. The van der Waals surface area contributed by atoms with Crippen molar-refractivity contribution in [2.24, 2.45) is 0 Å². The van der Waals surface area contributed by atoms with Crippen molar-refractivity contribution in [3.63, 3.8) is 0 Å². The minimum atomic E-state index is -0.312. The minimum Gasteiger partial charge on any atom is -0.468 e. The molecule has 1 aromatic heterocycles. The maximum atomic E-state index is 11.6. The molecule has 8 heteroatoms. The third kappa shape index (κ3) is 4.68. The van der Waals surface area contributed by atoms with Gasteiger partial charge in [0.2, 0.25) is 0 Å². The number of carbonyl (C=O) groups excluding carboxylic acids is 1. The number of aromatic nitrogens is 3. The zero-order chi connectivity index (χ0) is 15.0. The molecular weight excluding hydrogens is 280 g/mol. The molecule has 0 aromatic carbocycles. The molecule has 0 saturated heterocycles. The van der Waals surface area contributed by atoms with Gasteiger partial charge < -0.3 is 10.1 Å². The molecule has 0 aliphatic heterocycles. The Balaban J connectivity index is 2.50. The van der Waals surface area contributed by atoms with E-state index < -0.39 is 0 Å². The van der Waals surface area contributed by atoms with Crippen LogP contribution in [0, 0.1) is 0 Å². The molecule has 114 valence electrons. The van der Waals surface area contributed by atoms with E-state index in [9.17, 15) is 9.59 Å². The molecule has 1 unspecified atom stereocenters. The Morgan fingerprint density at radius 3 is 2.90 bits per heavy atom. The van der Waals surface area contributed by atoms with Gasteiger partial charge in [-0.15, -0.1) is 5.10 Å². The van der Waals surface area contributed by atoms with Gasteiger partial charge in [-0.25, -0.2) is 9.89 Å². The van der Waals surface area contributed by atoms with E-state index in [0.717, 1.165) is 13.0 Å². The number of nitrogens with one attached hydrogen (secondary N) is 2. The van der Waals surface area contributed by atoms with E-state index in [4.69, 9.17) is 4.74 Å². The monoisotopic (exact) mass is 302 g/mol. The van der Waals surface area contributed by atoms with Crippen LogP contribution in [0.4, 0.5) is 0 Å². The number of carbonyl (C=O) groups is 1. The fraction of sp³-hybridized carbons (Fsp3) is 0.750. The zero-order valence-corrected chi connectivity index (χ0v) is 13.0. The summed E-state index contributed by atoms with van der Waals surface area (Å²) in [6.45, 7) is 5.28. The van der Waals surface area contributed by atoms with Crippen molar-refractivity contribution in [1.82, 2.24) is 20.1 Å². The smallest absolute Gasteiger partial charge is 0.343 e. The lowest BCUT2D eigenvalue weighted by atomic mass is 10.2. The third-order valence-electron chi connectivity index (χ3n) is 2.80. The second-order valence-corrected chi connectivity index (χ2v) is 5.28. The Hall–Kier alpha value is -1.28. The average Bonchev–Trinajstić information content (AvgIpc) is 2.81. The van der Waals surface area contributed by atoms with Crippen LogP contribution in [0.15, 0.2) is 9.95 Å². The summed E-state index contributed by atoms with van der Waals surface area (Å²) in [6, 6.07) is -0.312. The van der Waals surface area contributed by atoms with E-state index in [2.05, 4.69) is 15.5 Å². The largest absolute Gasteiger partial charge is 0.468 e. The first-order chi connectivity index (χ1) is 9.63. The van der Waals surface area contributed by atoms with Crippen molar-refractivity contribution in [3.05, 3.63) is 10.5 Å². The number of esters is 1. The van der Waals surface area contributed by atoms with Crippen LogP contribution < -0.4 is 11.0 Å². The lowest BCUT2D eigenvalue weighted by Crippen LogP contribution is -2.38. The van der Waals surface area contributed by atoms with Crippen LogP contribution in [0.1, 0.15) is 26.7 Å². The van der Waals surface area contributed by atoms with Crippen molar-refractivity contribution in [2.45, 2.75) is 44.4 Å². The molecule has 0 fully saturated rings.